The Morgan fingerprint density at radius 1 is 1.29 bits per heavy atom. The summed E-state index contributed by atoms with van der Waals surface area (Å²) in [5.41, 5.74) is 0. The molecule has 1 aromatic rings. The smallest absolute Gasteiger partial charge is 0.244 e. The molecule has 0 aromatic carbocycles. The van der Waals surface area contributed by atoms with Crippen LogP contribution in [0.1, 0.15) is 45.1 Å². The van der Waals surface area contributed by atoms with Crippen molar-refractivity contribution in [3.8, 4) is 0 Å². The minimum absolute atomic E-state index is 0.114. The zero-order chi connectivity index (χ0) is 14.6. The molecule has 4 saturated carbocycles. The molecule has 1 N–H and O–H groups in total. The fourth-order valence-electron chi connectivity index (χ4n) is 5.09. The van der Waals surface area contributed by atoms with Gasteiger partial charge >= 0.3 is 0 Å². The first kappa shape index (κ1) is 13.8. The maximum absolute atomic E-state index is 12.6. The molecule has 4 nitrogen and oxygen atoms in total. The van der Waals surface area contributed by atoms with Crippen LogP contribution in [0.25, 0.3) is 0 Å². The van der Waals surface area contributed by atoms with Gasteiger partial charge in [-0.05, 0) is 78.6 Å². The molecule has 0 aliphatic heterocycles. The van der Waals surface area contributed by atoms with E-state index in [1.54, 1.807) is 10.9 Å². The Morgan fingerprint density at radius 3 is 2.43 bits per heavy atom. The first-order valence-corrected chi connectivity index (χ1v) is 8.89. The molecule has 1 atom stereocenters. The van der Waals surface area contributed by atoms with Crippen molar-refractivity contribution in [2.45, 2.75) is 51.1 Å². The lowest BCUT2D eigenvalue weighted by atomic mass is 9.54. The van der Waals surface area contributed by atoms with Crippen LogP contribution in [-0.4, -0.2) is 21.7 Å². The number of nitrogens with zero attached hydrogens (tertiary/aromatic N) is 2. The Labute approximate surface area is 133 Å². The van der Waals surface area contributed by atoms with Crippen LogP contribution in [-0.2, 0) is 4.79 Å². The molecule has 1 aromatic heterocycles. The number of halogens is 1. The summed E-state index contributed by atoms with van der Waals surface area (Å²) in [6, 6.07) is 0.167. The number of hydrogen-bond donors (Lipinski definition) is 1. The summed E-state index contributed by atoms with van der Waals surface area (Å²) < 4.78 is 2.65. The standard InChI is InChI=1S/C16H22BrN3O/c1-9(20-8-14(17)7-18-20)16(21)19-15-12-3-10-2-11(5-12)6-13(15)4-10/h7-13,15H,2-6H2,1H3,(H,19,21). The summed E-state index contributed by atoms with van der Waals surface area (Å²) in [4.78, 5) is 12.6. The predicted molar refractivity (Wildman–Crippen MR) is 83.6 cm³/mol. The van der Waals surface area contributed by atoms with Crippen molar-refractivity contribution in [2.24, 2.45) is 23.7 Å². The summed E-state index contributed by atoms with van der Waals surface area (Å²) in [5.74, 6) is 3.45. The quantitative estimate of drug-likeness (QED) is 0.909. The number of carbonyl (C=O) groups is 1. The summed E-state index contributed by atoms with van der Waals surface area (Å²) in [7, 11) is 0. The van der Waals surface area contributed by atoms with Gasteiger partial charge in [0.2, 0.25) is 5.91 Å². The van der Waals surface area contributed by atoms with Gasteiger partial charge in [0.25, 0.3) is 0 Å². The zero-order valence-corrected chi connectivity index (χ0v) is 13.9. The monoisotopic (exact) mass is 351 g/mol. The van der Waals surface area contributed by atoms with E-state index < -0.39 is 0 Å². The molecule has 4 fully saturated rings. The second-order valence-corrected chi connectivity index (χ2v) is 8.20. The van der Waals surface area contributed by atoms with E-state index in [1.165, 1.54) is 32.1 Å². The van der Waals surface area contributed by atoms with Gasteiger partial charge in [-0.25, -0.2) is 0 Å². The van der Waals surface area contributed by atoms with Gasteiger partial charge in [0.15, 0.2) is 0 Å². The highest BCUT2D eigenvalue weighted by Crippen LogP contribution is 2.53. The first-order valence-electron chi connectivity index (χ1n) is 8.10. The van der Waals surface area contributed by atoms with Crippen LogP contribution in [0, 0.1) is 23.7 Å². The first-order chi connectivity index (χ1) is 10.1. The number of amides is 1. The Bertz CT molecular complexity index is 527. The van der Waals surface area contributed by atoms with Crippen molar-refractivity contribution < 1.29 is 4.79 Å². The minimum atomic E-state index is -0.242. The van der Waals surface area contributed by atoms with E-state index in [1.807, 2.05) is 13.1 Å². The summed E-state index contributed by atoms with van der Waals surface area (Å²) in [5, 5.41) is 7.58. The molecule has 114 valence electrons. The molecule has 0 spiro atoms. The number of rotatable bonds is 3. The van der Waals surface area contributed by atoms with E-state index in [2.05, 4.69) is 26.3 Å². The van der Waals surface area contributed by atoms with Gasteiger partial charge in [-0.1, -0.05) is 0 Å². The highest BCUT2D eigenvalue weighted by molar-refractivity contribution is 9.10. The van der Waals surface area contributed by atoms with Crippen molar-refractivity contribution in [2.75, 3.05) is 0 Å². The maximum atomic E-state index is 12.6. The normalized spacial score (nSPS) is 38.5. The second-order valence-electron chi connectivity index (χ2n) is 7.28. The number of nitrogens with one attached hydrogen (secondary N) is 1. The van der Waals surface area contributed by atoms with Crippen molar-refractivity contribution in [3.63, 3.8) is 0 Å². The highest BCUT2D eigenvalue weighted by Gasteiger charge is 2.48. The fourth-order valence-corrected chi connectivity index (χ4v) is 5.39. The van der Waals surface area contributed by atoms with Crippen LogP contribution in [0.2, 0.25) is 0 Å². The van der Waals surface area contributed by atoms with E-state index >= 15 is 0 Å². The van der Waals surface area contributed by atoms with Gasteiger partial charge in [0.1, 0.15) is 6.04 Å². The van der Waals surface area contributed by atoms with Crippen LogP contribution in [0.3, 0.4) is 0 Å². The molecule has 4 bridgehead atoms. The lowest BCUT2D eigenvalue weighted by Gasteiger charge is -2.54. The molecule has 0 radical (unpaired) electrons. The Hall–Kier alpha value is -0.840. The lowest BCUT2D eigenvalue weighted by molar-refractivity contribution is -0.128. The lowest BCUT2D eigenvalue weighted by Crippen LogP contribution is -2.56. The minimum Gasteiger partial charge on any atom is -0.351 e. The Kier molecular flexibility index (Phi) is 3.36. The van der Waals surface area contributed by atoms with E-state index in [-0.39, 0.29) is 11.9 Å². The molecule has 1 heterocycles. The molecule has 0 saturated heterocycles. The van der Waals surface area contributed by atoms with Crippen molar-refractivity contribution >= 4 is 21.8 Å². The van der Waals surface area contributed by atoms with Gasteiger partial charge in [-0.2, -0.15) is 5.10 Å². The third-order valence-corrected chi connectivity index (χ3v) is 6.29. The molecule has 4 aliphatic rings. The van der Waals surface area contributed by atoms with E-state index in [0.29, 0.717) is 6.04 Å². The topological polar surface area (TPSA) is 46.9 Å². The van der Waals surface area contributed by atoms with Crippen molar-refractivity contribution in [1.82, 2.24) is 15.1 Å². The summed E-state index contributed by atoms with van der Waals surface area (Å²) in [6.07, 6.45) is 10.4. The second kappa shape index (κ2) is 5.11. The van der Waals surface area contributed by atoms with E-state index in [9.17, 15) is 4.79 Å². The third-order valence-electron chi connectivity index (χ3n) is 5.88. The highest BCUT2D eigenvalue weighted by atomic mass is 79.9. The van der Waals surface area contributed by atoms with E-state index in [0.717, 1.165) is 28.1 Å². The largest absolute Gasteiger partial charge is 0.351 e. The third kappa shape index (κ3) is 2.43. The van der Waals surface area contributed by atoms with Crippen LogP contribution < -0.4 is 5.32 Å². The van der Waals surface area contributed by atoms with Crippen LogP contribution in [0.4, 0.5) is 0 Å². The molecular formula is C16H22BrN3O. The Morgan fingerprint density at radius 2 is 1.90 bits per heavy atom. The van der Waals surface area contributed by atoms with Gasteiger partial charge < -0.3 is 5.32 Å². The number of carbonyl (C=O) groups excluding carboxylic acids is 1. The predicted octanol–water partition coefficient (Wildman–Crippen LogP) is 3.15. The number of hydrogen-bond acceptors (Lipinski definition) is 2. The average Bonchev–Trinajstić information content (AvgIpc) is 2.87. The maximum Gasteiger partial charge on any atom is 0.244 e. The summed E-state index contributed by atoms with van der Waals surface area (Å²) >= 11 is 3.38. The SMILES string of the molecule is CC(C(=O)NC1C2CC3CC(C2)CC1C3)n1cc(Br)cn1. The summed E-state index contributed by atoms with van der Waals surface area (Å²) in [6.45, 7) is 1.92. The van der Waals surface area contributed by atoms with Crippen molar-refractivity contribution in [1.29, 1.82) is 0 Å². The molecule has 21 heavy (non-hydrogen) atoms. The van der Waals surface area contributed by atoms with Gasteiger partial charge in [-0.15, -0.1) is 0 Å². The van der Waals surface area contributed by atoms with Crippen LogP contribution in [0.5, 0.6) is 0 Å². The fraction of sp³-hybridized carbons (Fsp3) is 0.750. The van der Waals surface area contributed by atoms with Gasteiger partial charge in [0.05, 0.1) is 10.7 Å². The molecule has 5 heteroatoms. The Balaban J connectivity index is 1.45. The molecular weight excluding hydrogens is 330 g/mol. The number of aromatic nitrogens is 2. The van der Waals surface area contributed by atoms with Crippen LogP contribution in [0.15, 0.2) is 16.9 Å². The van der Waals surface area contributed by atoms with Crippen molar-refractivity contribution in [3.05, 3.63) is 16.9 Å². The average molecular weight is 352 g/mol. The van der Waals surface area contributed by atoms with Gasteiger partial charge in [0, 0.05) is 12.2 Å². The van der Waals surface area contributed by atoms with Crippen LogP contribution >= 0.6 is 15.9 Å². The zero-order valence-electron chi connectivity index (χ0n) is 12.3. The van der Waals surface area contributed by atoms with E-state index in [4.69, 9.17) is 0 Å². The molecule has 1 unspecified atom stereocenters. The van der Waals surface area contributed by atoms with Gasteiger partial charge in [-0.3, -0.25) is 9.48 Å². The molecule has 5 rings (SSSR count). The molecule has 4 aliphatic carbocycles. The molecule has 1 amide bonds.